The third-order valence-electron chi connectivity index (χ3n) is 3.80. The minimum Gasteiger partial charge on any atom is -0.508 e. The first kappa shape index (κ1) is 17.9. The predicted octanol–water partition coefficient (Wildman–Crippen LogP) is 1.08. The van der Waals surface area contributed by atoms with Crippen LogP contribution in [0.25, 0.3) is 0 Å². The molecule has 0 fully saturated rings. The van der Waals surface area contributed by atoms with Gasteiger partial charge in [-0.1, -0.05) is 0 Å². The molecule has 0 saturated carbocycles. The van der Waals surface area contributed by atoms with Crippen molar-refractivity contribution >= 4 is 10.4 Å². The second kappa shape index (κ2) is 6.12. The first-order valence-corrected chi connectivity index (χ1v) is 8.53. The van der Waals surface area contributed by atoms with Crippen LogP contribution in [0.1, 0.15) is 17.2 Å². The van der Waals surface area contributed by atoms with Gasteiger partial charge in [0.1, 0.15) is 11.9 Å². The number of fused-ring (bicyclic) bond motifs is 1. The zero-order valence-electron chi connectivity index (χ0n) is 12.9. The fourth-order valence-corrected chi connectivity index (χ4v) is 3.26. The molecule has 1 heterocycles. The van der Waals surface area contributed by atoms with E-state index in [0.717, 1.165) is 18.2 Å². The molecule has 0 spiro atoms. The molecule has 0 unspecified atom stereocenters. The Balaban J connectivity index is 2.11. The van der Waals surface area contributed by atoms with Crippen LogP contribution in [0.3, 0.4) is 0 Å². The predicted molar refractivity (Wildman–Crippen MR) is 84.7 cm³/mol. The van der Waals surface area contributed by atoms with Crippen molar-refractivity contribution in [3.8, 4) is 34.5 Å². The van der Waals surface area contributed by atoms with Crippen LogP contribution in [0.5, 0.6) is 34.5 Å². The molecule has 6 N–H and O–H groups in total. The van der Waals surface area contributed by atoms with Crippen LogP contribution in [-0.4, -0.2) is 44.6 Å². The van der Waals surface area contributed by atoms with E-state index in [1.807, 2.05) is 0 Å². The van der Waals surface area contributed by atoms with Crippen LogP contribution in [-0.2, 0) is 21.0 Å². The normalized spacial score (nSPS) is 19.6. The molecule has 2 atom stereocenters. The molecular formula is C15H14O10S. The first-order valence-electron chi connectivity index (χ1n) is 7.17. The van der Waals surface area contributed by atoms with Crippen LogP contribution < -0.4 is 4.74 Å². The number of hydrogen-bond donors (Lipinski definition) is 6. The van der Waals surface area contributed by atoms with Gasteiger partial charge in [0.2, 0.25) is 0 Å². The molecule has 26 heavy (non-hydrogen) atoms. The van der Waals surface area contributed by atoms with Gasteiger partial charge in [-0.3, -0.25) is 4.55 Å². The number of benzene rings is 2. The number of ether oxygens (including phenoxy) is 1. The van der Waals surface area contributed by atoms with Gasteiger partial charge in [-0.15, -0.1) is 0 Å². The summed E-state index contributed by atoms with van der Waals surface area (Å²) in [5, 5.41) is 48.3. The van der Waals surface area contributed by atoms with E-state index in [9.17, 15) is 34.0 Å². The van der Waals surface area contributed by atoms with E-state index < -0.39 is 45.6 Å². The summed E-state index contributed by atoms with van der Waals surface area (Å²) in [6, 6.07) is 4.23. The Kier molecular flexibility index (Phi) is 4.22. The first-order chi connectivity index (χ1) is 12.0. The average molecular weight is 386 g/mol. The van der Waals surface area contributed by atoms with E-state index in [4.69, 9.17) is 9.29 Å². The monoisotopic (exact) mass is 386 g/mol. The molecule has 0 radical (unpaired) electrons. The summed E-state index contributed by atoms with van der Waals surface area (Å²) in [6.45, 7) is 0. The van der Waals surface area contributed by atoms with Crippen molar-refractivity contribution in [1.82, 2.24) is 0 Å². The maximum absolute atomic E-state index is 11.2. The largest absolute Gasteiger partial charge is 0.508 e. The summed E-state index contributed by atoms with van der Waals surface area (Å²) in [5.41, 5.74) is 0.212. The number of hydrogen-bond acceptors (Lipinski definition) is 9. The van der Waals surface area contributed by atoms with Crippen LogP contribution in [0, 0.1) is 0 Å². The minimum absolute atomic E-state index is 0.00424. The SMILES string of the molecule is O=S(=O)(O)O[C@@H]1Cc2cc(O)cc(O)c2O[C@@H]1c1cc(O)c(O)c(O)c1. The molecule has 3 rings (SSSR count). The van der Waals surface area contributed by atoms with Crippen LogP contribution in [0.2, 0.25) is 0 Å². The van der Waals surface area contributed by atoms with E-state index in [2.05, 4.69) is 4.18 Å². The lowest BCUT2D eigenvalue weighted by Crippen LogP contribution is -2.34. The lowest BCUT2D eigenvalue weighted by Gasteiger charge is -2.33. The fraction of sp³-hybridized carbons (Fsp3) is 0.200. The Morgan fingerprint density at radius 1 is 0.962 bits per heavy atom. The van der Waals surface area contributed by atoms with Crippen molar-refractivity contribution in [3.63, 3.8) is 0 Å². The highest BCUT2D eigenvalue weighted by Gasteiger charge is 2.37. The Morgan fingerprint density at radius 2 is 1.58 bits per heavy atom. The molecule has 0 bridgehead atoms. The Labute approximate surface area is 147 Å². The van der Waals surface area contributed by atoms with E-state index in [0.29, 0.717) is 0 Å². The fourth-order valence-electron chi connectivity index (χ4n) is 2.78. The summed E-state index contributed by atoms with van der Waals surface area (Å²) in [6.07, 6.45) is -2.86. The van der Waals surface area contributed by atoms with Crippen LogP contribution in [0.15, 0.2) is 24.3 Å². The standard InChI is InChI=1S/C15H14O10S/c16-8-1-6-4-12(25-26(21,22)23)15(24-14(6)11(19)5-8)7-2-9(17)13(20)10(18)3-7/h1-3,5,12,15-20H,4H2,(H,21,22,23)/t12-,15-/m1/s1. The molecule has 0 aromatic heterocycles. The van der Waals surface area contributed by atoms with E-state index in [1.54, 1.807) is 0 Å². The number of rotatable bonds is 3. The van der Waals surface area contributed by atoms with Gasteiger partial charge >= 0.3 is 10.4 Å². The lowest BCUT2D eigenvalue weighted by molar-refractivity contribution is 0.0323. The van der Waals surface area contributed by atoms with Crippen molar-refractivity contribution in [1.29, 1.82) is 0 Å². The minimum atomic E-state index is -4.90. The van der Waals surface area contributed by atoms with Gasteiger partial charge in [0.15, 0.2) is 34.9 Å². The van der Waals surface area contributed by atoms with E-state index in [-0.39, 0.29) is 29.0 Å². The van der Waals surface area contributed by atoms with Gasteiger partial charge in [-0.05, 0) is 18.2 Å². The molecule has 2 aromatic carbocycles. The summed E-state index contributed by atoms with van der Waals surface area (Å²) in [4.78, 5) is 0. The van der Waals surface area contributed by atoms with Gasteiger partial charge in [0, 0.05) is 23.6 Å². The maximum Gasteiger partial charge on any atom is 0.397 e. The van der Waals surface area contributed by atoms with Gasteiger partial charge in [-0.2, -0.15) is 8.42 Å². The molecule has 1 aliphatic heterocycles. The Morgan fingerprint density at radius 3 is 2.15 bits per heavy atom. The zero-order valence-corrected chi connectivity index (χ0v) is 13.7. The maximum atomic E-state index is 11.2. The van der Waals surface area contributed by atoms with E-state index in [1.165, 1.54) is 6.07 Å². The van der Waals surface area contributed by atoms with Crippen molar-refractivity contribution in [2.45, 2.75) is 18.6 Å². The number of phenols is 5. The number of aromatic hydroxyl groups is 5. The lowest BCUT2D eigenvalue weighted by atomic mass is 9.94. The molecular weight excluding hydrogens is 372 g/mol. The molecule has 2 aromatic rings. The van der Waals surface area contributed by atoms with Crippen molar-refractivity contribution < 1.29 is 47.4 Å². The van der Waals surface area contributed by atoms with Crippen LogP contribution >= 0.6 is 0 Å². The van der Waals surface area contributed by atoms with Crippen LogP contribution in [0.4, 0.5) is 0 Å². The second-order valence-electron chi connectivity index (χ2n) is 5.67. The van der Waals surface area contributed by atoms with Gasteiger partial charge < -0.3 is 30.3 Å². The van der Waals surface area contributed by atoms with E-state index >= 15 is 0 Å². The highest BCUT2D eigenvalue weighted by molar-refractivity contribution is 7.80. The third kappa shape index (κ3) is 3.40. The average Bonchev–Trinajstić information content (AvgIpc) is 2.49. The summed E-state index contributed by atoms with van der Waals surface area (Å²) < 4.78 is 41.5. The van der Waals surface area contributed by atoms with Gasteiger partial charge in [0.05, 0.1) is 0 Å². The zero-order chi connectivity index (χ0) is 19.2. The molecule has 11 heteroatoms. The highest BCUT2D eigenvalue weighted by atomic mass is 32.3. The topological polar surface area (TPSA) is 174 Å². The van der Waals surface area contributed by atoms with Crippen molar-refractivity contribution in [2.75, 3.05) is 0 Å². The van der Waals surface area contributed by atoms with Crippen molar-refractivity contribution in [2.24, 2.45) is 0 Å². The quantitative estimate of drug-likeness (QED) is 0.331. The van der Waals surface area contributed by atoms with Crippen molar-refractivity contribution in [3.05, 3.63) is 35.4 Å². The van der Waals surface area contributed by atoms with Gasteiger partial charge in [-0.25, -0.2) is 4.18 Å². The molecule has 0 amide bonds. The Hall–Kier alpha value is -2.89. The third-order valence-corrected chi connectivity index (χ3v) is 4.29. The molecule has 10 nitrogen and oxygen atoms in total. The summed E-state index contributed by atoms with van der Waals surface area (Å²) in [7, 11) is -4.90. The smallest absolute Gasteiger partial charge is 0.397 e. The number of phenolic OH excluding ortho intramolecular Hbond substituents is 5. The summed E-state index contributed by atoms with van der Waals surface area (Å²) in [5.74, 6) is -2.98. The Bertz CT molecular complexity index is 946. The van der Waals surface area contributed by atoms with Gasteiger partial charge in [0.25, 0.3) is 0 Å². The second-order valence-corrected chi connectivity index (χ2v) is 6.71. The molecule has 0 aliphatic carbocycles. The highest BCUT2D eigenvalue weighted by Crippen LogP contribution is 2.46. The molecule has 140 valence electrons. The molecule has 0 saturated heterocycles. The molecule has 1 aliphatic rings. The summed E-state index contributed by atoms with van der Waals surface area (Å²) >= 11 is 0.